The molecule has 1 aliphatic rings. The highest BCUT2D eigenvalue weighted by Gasteiger charge is 2.26. The first kappa shape index (κ1) is 15.3. The molecule has 0 saturated heterocycles. The van der Waals surface area contributed by atoms with Crippen LogP contribution in [-0.4, -0.2) is 56.2 Å². The molecule has 4 rings (SSSR count). The lowest BCUT2D eigenvalue weighted by molar-refractivity contribution is 0.0740. The minimum Gasteiger partial charge on any atom is -0.496 e. The third-order valence-electron chi connectivity index (χ3n) is 4.28. The number of fused-ring (bicyclic) bond motifs is 2. The quantitative estimate of drug-likeness (QED) is 0.755. The van der Waals surface area contributed by atoms with Crippen LogP contribution in [0.5, 0.6) is 5.75 Å². The lowest BCUT2D eigenvalue weighted by Crippen LogP contribution is -2.38. The Morgan fingerprint density at radius 1 is 1.24 bits per heavy atom. The molecule has 0 atom stereocenters. The maximum Gasteiger partial charge on any atom is 0.291 e. The van der Waals surface area contributed by atoms with Gasteiger partial charge in [0.15, 0.2) is 5.82 Å². The third-order valence-corrected chi connectivity index (χ3v) is 4.28. The predicted octanol–water partition coefficient (Wildman–Crippen LogP) is 0.928. The van der Waals surface area contributed by atoms with Gasteiger partial charge in [0.2, 0.25) is 5.82 Å². The molecule has 128 valence electrons. The Morgan fingerprint density at radius 2 is 2.12 bits per heavy atom. The topological polar surface area (TPSA) is 98.1 Å². The van der Waals surface area contributed by atoms with Crippen LogP contribution in [0.3, 0.4) is 0 Å². The molecule has 9 heteroatoms. The van der Waals surface area contributed by atoms with Gasteiger partial charge in [0, 0.05) is 20.1 Å². The fraction of sp³-hybridized carbons (Fsp3) is 0.312. The summed E-state index contributed by atoms with van der Waals surface area (Å²) in [6.07, 6.45) is 1.50. The van der Waals surface area contributed by atoms with E-state index in [4.69, 9.17) is 4.74 Å². The number of amides is 1. The second-order valence-electron chi connectivity index (χ2n) is 5.75. The van der Waals surface area contributed by atoms with Crippen molar-refractivity contribution in [2.24, 2.45) is 0 Å². The number of ether oxygens (including phenoxy) is 1. The van der Waals surface area contributed by atoms with E-state index in [-0.39, 0.29) is 5.91 Å². The molecule has 1 aromatic carbocycles. The van der Waals surface area contributed by atoms with Gasteiger partial charge < -0.3 is 19.5 Å². The second kappa shape index (κ2) is 6.00. The molecule has 0 unspecified atom stereocenters. The van der Waals surface area contributed by atoms with E-state index in [1.807, 2.05) is 22.8 Å². The van der Waals surface area contributed by atoms with E-state index in [2.05, 4.69) is 25.5 Å². The number of carbonyl (C=O) groups excluding carboxylic acids is 1. The minimum atomic E-state index is -0.112. The molecule has 2 aromatic heterocycles. The van der Waals surface area contributed by atoms with Crippen LogP contribution < -0.4 is 10.1 Å². The highest BCUT2D eigenvalue weighted by Crippen LogP contribution is 2.29. The van der Waals surface area contributed by atoms with Crippen LogP contribution in [0.2, 0.25) is 0 Å². The molecular formula is C16H17N7O2. The van der Waals surface area contributed by atoms with Crippen LogP contribution in [0.1, 0.15) is 16.4 Å². The van der Waals surface area contributed by atoms with Crippen molar-refractivity contribution in [1.29, 1.82) is 0 Å². The lowest BCUT2D eigenvalue weighted by Gasteiger charge is -2.23. The molecule has 0 fully saturated rings. The zero-order valence-corrected chi connectivity index (χ0v) is 13.9. The van der Waals surface area contributed by atoms with Crippen molar-refractivity contribution in [3.8, 4) is 5.75 Å². The molecule has 25 heavy (non-hydrogen) atoms. The maximum absolute atomic E-state index is 12.1. The van der Waals surface area contributed by atoms with E-state index in [0.29, 0.717) is 42.9 Å². The van der Waals surface area contributed by atoms with Gasteiger partial charge in [-0.1, -0.05) is 6.07 Å². The number of hydrogen-bond acceptors (Lipinski definition) is 7. The fourth-order valence-corrected chi connectivity index (χ4v) is 2.93. The summed E-state index contributed by atoms with van der Waals surface area (Å²) < 4.78 is 7.26. The zero-order chi connectivity index (χ0) is 17.4. The smallest absolute Gasteiger partial charge is 0.291 e. The van der Waals surface area contributed by atoms with E-state index in [0.717, 1.165) is 10.9 Å². The summed E-state index contributed by atoms with van der Waals surface area (Å²) >= 11 is 0. The van der Waals surface area contributed by atoms with E-state index in [1.54, 1.807) is 19.1 Å². The monoisotopic (exact) mass is 339 g/mol. The summed E-state index contributed by atoms with van der Waals surface area (Å²) in [6.45, 7) is 1.71. The maximum atomic E-state index is 12.1. The summed E-state index contributed by atoms with van der Waals surface area (Å²) in [6, 6.07) is 5.65. The fourth-order valence-electron chi connectivity index (χ4n) is 2.93. The molecule has 1 N–H and O–H groups in total. The third kappa shape index (κ3) is 2.53. The van der Waals surface area contributed by atoms with Crippen LogP contribution in [0.15, 0.2) is 24.5 Å². The Labute approximate surface area is 143 Å². The number of carbonyl (C=O) groups is 1. The zero-order valence-electron chi connectivity index (χ0n) is 13.9. The SMILES string of the molecule is COc1cccc2ncnc(NCc3nnc4n3CCN(C)C4=O)c12. The number of aromatic nitrogens is 5. The summed E-state index contributed by atoms with van der Waals surface area (Å²) in [5.74, 6) is 2.30. The van der Waals surface area contributed by atoms with E-state index in [1.165, 1.54) is 6.33 Å². The predicted molar refractivity (Wildman–Crippen MR) is 90.4 cm³/mol. The molecule has 0 radical (unpaired) electrons. The number of hydrogen-bond donors (Lipinski definition) is 1. The minimum absolute atomic E-state index is 0.112. The standard InChI is InChI=1S/C16H17N7O2/c1-22-6-7-23-12(20-21-15(23)16(22)24)8-17-14-13-10(18-9-19-14)4-3-5-11(13)25-2/h3-5,9H,6-8H2,1-2H3,(H,17,18,19). The van der Waals surface area contributed by atoms with Crippen molar-refractivity contribution in [3.05, 3.63) is 36.2 Å². The summed E-state index contributed by atoms with van der Waals surface area (Å²) in [5.41, 5.74) is 0.789. The van der Waals surface area contributed by atoms with Crippen molar-refractivity contribution in [2.75, 3.05) is 26.0 Å². The van der Waals surface area contributed by atoms with Crippen molar-refractivity contribution in [1.82, 2.24) is 29.6 Å². The largest absolute Gasteiger partial charge is 0.496 e. The number of anilines is 1. The van der Waals surface area contributed by atoms with E-state index < -0.39 is 0 Å². The number of nitrogens with zero attached hydrogens (tertiary/aromatic N) is 6. The van der Waals surface area contributed by atoms with Crippen LogP contribution >= 0.6 is 0 Å². The van der Waals surface area contributed by atoms with E-state index in [9.17, 15) is 4.79 Å². The van der Waals surface area contributed by atoms with E-state index >= 15 is 0 Å². The van der Waals surface area contributed by atoms with Crippen LogP contribution in [0, 0.1) is 0 Å². The molecule has 3 aromatic rings. The van der Waals surface area contributed by atoms with Gasteiger partial charge in [-0.15, -0.1) is 10.2 Å². The molecule has 1 amide bonds. The molecule has 0 bridgehead atoms. The van der Waals surface area contributed by atoms with Crippen molar-refractivity contribution in [3.63, 3.8) is 0 Å². The Kier molecular flexibility index (Phi) is 3.68. The van der Waals surface area contributed by atoms with Gasteiger partial charge in [-0.2, -0.15) is 0 Å². The van der Waals surface area contributed by atoms with Gasteiger partial charge in [-0.25, -0.2) is 9.97 Å². The Morgan fingerprint density at radius 3 is 2.96 bits per heavy atom. The number of nitrogens with one attached hydrogen (secondary N) is 1. The molecule has 0 spiro atoms. The Balaban J connectivity index is 1.64. The second-order valence-corrected chi connectivity index (χ2v) is 5.75. The number of benzene rings is 1. The van der Waals surface area contributed by atoms with Gasteiger partial charge in [0.1, 0.15) is 17.9 Å². The number of methoxy groups -OCH3 is 1. The van der Waals surface area contributed by atoms with Gasteiger partial charge in [-0.05, 0) is 12.1 Å². The first-order valence-corrected chi connectivity index (χ1v) is 7.88. The summed E-state index contributed by atoms with van der Waals surface area (Å²) in [5, 5.41) is 12.2. The van der Waals surface area contributed by atoms with Crippen LogP contribution in [0.25, 0.3) is 10.9 Å². The highest BCUT2D eigenvalue weighted by atomic mass is 16.5. The van der Waals surface area contributed by atoms with Crippen molar-refractivity contribution < 1.29 is 9.53 Å². The summed E-state index contributed by atoms with van der Waals surface area (Å²) in [4.78, 5) is 22.3. The average Bonchev–Trinajstić information content (AvgIpc) is 3.06. The van der Waals surface area contributed by atoms with Crippen molar-refractivity contribution >= 4 is 22.6 Å². The van der Waals surface area contributed by atoms with Gasteiger partial charge in [0.05, 0.1) is 24.6 Å². The molecule has 0 saturated carbocycles. The summed E-state index contributed by atoms with van der Waals surface area (Å²) in [7, 11) is 3.38. The Bertz CT molecular complexity index is 948. The first-order valence-electron chi connectivity index (χ1n) is 7.88. The molecule has 0 aliphatic carbocycles. The number of likely N-dealkylation sites (N-methyl/N-ethyl adjacent to an activating group) is 1. The van der Waals surface area contributed by atoms with Gasteiger partial charge in [0.25, 0.3) is 5.91 Å². The van der Waals surface area contributed by atoms with Gasteiger partial charge in [-0.3, -0.25) is 4.79 Å². The van der Waals surface area contributed by atoms with Crippen molar-refractivity contribution in [2.45, 2.75) is 13.1 Å². The molecule has 1 aliphatic heterocycles. The first-order chi connectivity index (χ1) is 12.2. The number of rotatable bonds is 4. The Hall–Kier alpha value is -3.23. The lowest BCUT2D eigenvalue weighted by atomic mass is 10.2. The molecule has 3 heterocycles. The normalized spacial score (nSPS) is 13.8. The average molecular weight is 339 g/mol. The molecule has 9 nitrogen and oxygen atoms in total. The van der Waals surface area contributed by atoms with Gasteiger partial charge >= 0.3 is 0 Å². The van der Waals surface area contributed by atoms with Crippen LogP contribution in [0.4, 0.5) is 5.82 Å². The van der Waals surface area contributed by atoms with Crippen LogP contribution in [-0.2, 0) is 13.1 Å². The molecular weight excluding hydrogens is 322 g/mol. The highest BCUT2D eigenvalue weighted by molar-refractivity contribution is 5.94.